The zero-order valence-corrected chi connectivity index (χ0v) is 13.2. The minimum atomic E-state index is -0.394. The maximum atomic E-state index is 11.8. The van der Waals surface area contributed by atoms with Crippen molar-refractivity contribution in [3.8, 4) is 0 Å². The molecular weight excluding hydrogens is 300 g/mol. The third kappa shape index (κ3) is 4.85. The van der Waals surface area contributed by atoms with Crippen molar-refractivity contribution < 1.29 is 9.59 Å². The molecule has 0 saturated heterocycles. The number of rotatable bonds is 5. The van der Waals surface area contributed by atoms with E-state index in [2.05, 4.69) is 20.9 Å². The van der Waals surface area contributed by atoms with E-state index in [1.54, 1.807) is 17.5 Å². The van der Waals surface area contributed by atoms with Gasteiger partial charge in [0, 0.05) is 17.6 Å². The number of urea groups is 1. The molecule has 0 spiro atoms. The van der Waals surface area contributed by atoms with Gasteiger partial charge in [0.2, 0.25) is 0 Å². The van der Waals surface area contributed by atoms with Crippen molar-refractivity contribution in [3.63, 3.8) is 0 Å². The van der Waals surface area contributed by atoms with Crippen molar-refractivity contribution in [2.24, 2.45) is 5.92 Å². The van der Waals surface area contributed by atoms with Crippen molar-refractivity contribution in [1.29, 1.82) is 0 Å². The number of hydrogen-bond donors (Lipinski definition) is 3. The maximum Gasteiger partial charge on any atom is 0.325 e. The lowest BCUT2D eigenvalue weighted by atomic mass is 10.2. The van der Waals surface area contributed by atoms with Gasteiger partial charge in [0.1, 0.15) is 5.69 Å². The Morgan fingerprint density at radius 2 is 1.91 bits per heavy atom. The summed E-state index contributed by atoms with van der Waals surface area (Å²) in [5.74, 6) is 0.137. The second-order valence-corrected chi connectivity index (χ2v) is 5.95. The number of aromatic nitrogens is 1. The largest absolute Gasteiger partial charge is 0.350 e. The van der Waals surface area contributed by atoms with Gasteiger partial charge in [-0.25, -0.2) is 9.78 Å². The Morgan fingerprint density at radius 1 is 1.18 bits per heavy atom. The van der Waals surface area contributed by atoms with Gasteiger partial charge in [-0.05, 0) is 18.1 Å². The first-order valence-electron chi connectivity index (χ1n) is 6.91. The summed E-state index contributed by atoms with van der Waals surface area (Å²) in [6, 6.07) is 8.70. The number of benzene rings is 1. The van der Waals surface area contributed by atoms with Crippen LogP contribution in [0.1, 0.15) is 24.3 Å². The molecule has 0 bridgehead atoms. The second kappa shape index (κ2) is 7.56. The first-order chi connectivity index (χ1) is 10.5. The number of hydrogen-bond acceptors (Lipinski definition) is 4. The van der Waals surface area contributed by atoms with Gasteiger partial charge < -0.3 is 10.6 Å². The van der Waals surface area contributed by atoms with Gasteiger partial charge in [0.25, 0.3) is 5.91 Å². The summed E-state index contributed by atoms with van der Waals surface area (Å²) in [5.41, 5.74) is 0.993. The van der Waals surface area contributed by atoms with Gasteiger partial charge in [-0.1, -0.05) is 32.0 Å². The SMILES string of the molecule is CC(C)CNC(=O)c1csc(NC(=O)Nc2ccccc2)n1. The van der Waals surface area contributed by atoms with Crippen LogP contribution < -0.4 is 16.0 Å². The van der Waals surface area contributed by atoms with Crippen molar-refractivity contribution in [1.82, 2.24) is 10.3 Å². The standard InChI is InChI=1S/C15H18N4O2S/c1-10(2)8-16-13(20)12-9-22-15(18-12)19-14(21)17-11-6-4-3-5-7-11/h3-7,9-10H,8H2,1-2H3,(H,16,20)(H2,17,18,19,21). The van der Waals surface area contributed by atoms with Crippen LogP contribution in [-0.4, -0.2) is 23.5 Å². The molecular formula is C15H18N4O2S. The number of carbonyl (C=O) groups is 2. The molecule has 0 aliphatic heterocycles. The molecule has 7 heteroatoms. The fraction of sp³-hybridized carbons (Fsp3) is 0.267. The van der Waals surface area contributed by atoms with E-state index in [0.717, 1.165) is 0 Å². The Balaban J connectivity index is 1.89. The van der Waals surface area contributed by atoms with Crippen LogP contribution in [0.4, 0.5) is 15.6 Å². The highest BCUT2D eigenvalue weighted by Crippen LogP contribution is 2.16. The van der Waals surface area contributed by atoms with Crippen LogP contribution in [0, 0.1) is 5.92 Å². The summed E-state index contributed by atoms with van der Waals surface area (Å²) in [4.78, 5) is 27.8. The molecule has 0 unspecified atom stereocenters. The number of carbonyl (C=O) groups excluding carboxylic acids is 2. The number of nitrogens with zero attached hydrogens (tertiary/aromatic N) is 1. The van der Waals surface area contributed by atoms with E-state index in [0.29, 0.717) is 29.0 Å². The summed E-state index contributed by atoms with van der Waals surface area (Å²) in [5, 5.41) is 10.1. The zero-order valence-electron chi connectivity index (χ0n) is 12.4. The molecule has 0 aliphatic carbocycles. The molecule has 0 atom stereocenters. The highest BCUT2D eigenvalue weighted by molar-refractivity contribution is 7.14. The molecule has 2 aromatic rings. The average Bonchev–Trinajstić information content (AvgIpc) is 2.94. The second-order valence-electron chi connectivity index (χ2n) is 5.09. The molecule has 0 radical (unpaired) electrons. The van der Waals surface area contributed by atoms with Crippen LogP contribution in [0.2, 0.25) is 0 Å². The van der Waals surface area contributed by atoms with E-state index in [1.165, 1.54) is 11.3 Å². The molecule has 2 rings (SSSR count). The van der Waals surface area contributed by atoms with Crippen LogP contribution >= 0.6 is 11.3 Å². The van der Waals surface area contributed by atoms with Gasteiger partial charge in [-0.3, -0.25) is 10.1 Å². The Hall–Kier alpha value is -2.41. The molecule has 1 aromatic heterocycles. The van der Waals surface area contributed by atoms with E-state index in [1.807, 2.05) is 32.0 Å². The third-order valence-corrected chi connectivity index (χ3v) is 3.42. The topological polar surface area (TPSA) is 83.1 Å². The third-order valence-electron chi connectivity index (χ3n) is 2.66. The minimum absolute atomic E-state index is 0.235. The van der Waals surface area contributed by atoms with Crippen molar-refractivity contribution in [2.45, 2.75) is 13.8 Å². The summed E-state index contributed by atoms with van der Waals surface area (Å²) < 4.78 is 0. The first-order valence-corrected chi connectivity index (χ1v) is 7.79. The lowest BCUT2D eigenvalue weighted by Gasteiger charge is -2.05. The lowest BCUT2D eigenvalue weighted by molar-refractivity contribution is 0.0944. The van der Waals surface area contributed by atoms with E-state index >= 15 is 0 Å². The summed E-state index contributed by atoms with van der Waals surface area (Å²) >= 11 is 1.21. The predicted molar refractivity (Wildman–Crippen MR) is 88.4 cm³/mol. The van der Waals surface area contributed by atoms with Crippen LogP contribution in [0.3, 0.4) is 0 Å². The van der Waals surface area contributed by atoms with E-state index in [4.69, 9.17) is 0 Å². The molecule has 3 N–H and O–H groups in total. The zero-order chi connectivity index (χ0) is 15.9. The molecule has 0 fully saturated rings. The number of nitrogens with one attached hydrogen (secondary N) is 3. The smallest absolute Gasteiger partial charge is 0.325 e. The van der Waals surface area contributed by atoms with Gasteiger partial charge >= 0.3 is 6.03 Å². The average molecular weight is 318 g/mol. The monoisotopic (exact) mass is 318 g/mol. The van der Waals surface area contributed by atoms with Gasteiger partial charge in [-0.2, -0.15) is 0 Å². The first kappa shape index (κ1) is 16.0. The van der Waals surface area contributed by atoms with Crippen molar-refractivity contribution in [3.05, 3.63) is 41.4 Å². The Labute approximate surface area is 133 Å². The van der Waals surface area contributed by atoms with Crippen LogP contribution in [0.5, 0.6) is 0 Å². The molecule has 6 nitrogen and oxygen atoms in total. The maximum absolute atomic E-state index is 11.8. The molecule has 116 valence electrons. The van der Waals surface area contributed by atoms with E-state index < -0.39 is 6.03 Å². The molecule has 1 aromatic carbocycles. The van der Waals surface area contributed by atoms with Crippen LogP contribution in [0.25, 0.3) is 0 Å². The molecule has 0 saturated carbocycles. The number of thiazole rings is 1. The lowest BCUT2D eigenvalue weighted by Crippen LogP contribution is -2.27. The highest BCUT2D eigenvalue weighted by Gasteiger charge is 2.12. The van der Waals surface area contributed by atoms with Crippen LogP contribution in [-0.2, 0) is 0 Å². The fourth-order valence-electron chi connectivity index (χ4n) is 1.60. The number of amides is 3. The van der Waals surface area contributed by atoms with E-state index in [9.17, 15) is 9.59 Å². The fourth-order valence-corrected chi connectivity index (χ4v) is 2.29. The Kier molecular flexibility index (Phi) is 5.48. The molecule has 22 heavy (non-hydrogen) atoms. The normalized spacial score (nSPS) is 10.3. The quantitative estimate of drug-likeness (QED) is 0.792. The number of anilines is 2. The molecule has 0 aliphatic rings. The predicted octanol–water partition coefficient (Wildman–Crippen LogP) is 3.17. The summed E-state index contributed by atoms with van der Waals surface area (Å²) in [7, 11) is 0. The van der Waals surface area contributed by atoms with Gasteiger partial charge in [0.15, 0.2) is 5.13 Å². The summed E-state index contributed by atoms with van der Waals surface area (Å²) in [6.45, 7) is 4.62. The molecule has 1 heterocycles. The Morgan fingerprint density at radius 3 is 2.59 bits per heavy atom. The highest BCUT2D eigenvalue weighted by atomic mass is 32.1. The summed E-state index contributed by atoms with van der Waals surface area (Å²) in [6.07, 6.45) is 0. The molecule has 3 amide bonds. The minimum Gasteiger partial charge on any atom is -0.350 e. The van der Waals surface area contributed by atoms with E-state index in [-0.39, 0.29) is 5.91 Å². The van der Waals surface area contributed by atoms with Crippen molar-refractivity contribution in [2.75, 3.05) is 17.2 Å². The van der Waals surface area contributed by atoms with Crippen molar-refractivity contribution >= 4 is 34.1 Å². The Bertz CT molecular complexity index is 640. The number of para-hydroxylation sites is 1. The van der Waals surface area contributed by atoms with Crippen LogP contribution in [0.15, 0.2) is 35.7 Å². The van der Waals surface area contributed by atoms with Gasteiger partial charge in [-0.15, -0.1) is 11.3 Å². The van der Waals surface area contributed by atoms with Gasteiger partial charge in [0.05, 0.1) is 0 Å².